The van der Waals surface area contributed by atoms with Gasteiger partial charge in [0, 0.05) is 44.7 Å². The number of hydrogen-bond acceptors (Lipinski definition) is 11. The first-order valence-electron chi connectivity index (χ1n) is 17.9. The number of likely N-dealkylation sites (tertiary alicyclic amines) is 1. The lowest BCUT2D eigenvalue weighted by Crippen LogP contribution is -2.39. The second-order valence-corrected chi connectivity index (χ2v) is 13.7. The van der Waals surface area contributed by atoms with Gasteiger partial charge < -0.3 is 24.0 Å². The standard InChI is InChI=1S/C37H43N13O2/c1-28-40-42-44-49(28)24-23-48-33-12-7-6-11-32(33)39-36(48)46-18-8-17-45(21-22-46)19-15-37(29-9-4-3-5-10-29)16-20-47(26-37)35(51)31-25-30(13-14-34(31)52-2)50-27-38-41-43-50/h3-7,9-14,25,27H,8,15-24,26H2,1-2H3/t37-/m0/s1. The summed E-state index contributed by atoms with van der Waals surface area (Å²) in [5.41, 5.74) is 4.45. The molecule has 1 atom stereocenters. The summed E-state index contributed by atoms with van der Waals surface area (Å²) in [5, 5.41) is 23.5. The highest BCUT2D eigenvalue weighted by Gasteiger charge is 2.42. The third-order valence-electron chi connectivity index (χ3n) is 10.7. The summed E-state index contributed by atoms with van der Waals surface area (Å²) in [7, 11) is 1.59. The van der Waals surface area contributed by atoms with E-state index in [9.17, 15) is 4.79 Å². The smallest absolute Gasteiger partial charge is 0.257 e. The number of imidazole rings is 1. The average molecular weight is 702 g/mol. The molecule has 0 N–H and O–H groups in total. The van der Waals surface area contributed by atoms with Gasteiger partial charge >= 0.3 is 0 Å². The molecule has 15 heteroatoms. The predicted molar refractivity (Wildman–Crippen MR) is 195 cm³/mol. The Morgan fingerprint density at radius 1 is 0.885 bits per heavy atom. The van der Waals surface area contributed by atoms with Gasteiger partial charge in [0.15, 0.2) is 0 Å². The molecule has 2 saturated heterocycles. The minimum atomic E-state index is -0.161. The summed E-state index contributed by atoms with van der Waals surface area (Å²) in [4.78, 5) is 26.3. The van der Waals surface area contributed by atoms with Crippen LogP contribution in [0, 0.1) is 6.92 Å². The molecule has 0 saturated carbocycles. The topological polar surface area (TPSA) is 141 Å². The zero-order valence-electron chi connectivity index (χ0n) is 29.6. The minimum Gasteiger partial charge on any atom is -0.496 e. The highest BCUT2D eigenvalue weighted by molar-refractivity contribution is 5.98. The third kappa shape index (κ3) is 6.59. The van der Waals surface area contributed by atoms with Crippen LogP contribution in [0.4, 0.5) is 5.95 Å². The number of aryl methyl sites for hydroxylation is 3. The second kappa shape index (κ2) is 14.5. The summed E-state index contributed by atoms with van der Waals surface area (Å²) in [6.07, 6.45) is 4.40. The van der Waals surface area contributed by atoms with E-state index in [4.69, 9.17) is 9.72 Å². The maximum absolute atomic E-state index is 14.2. The number of carbonyl (C=O) groups is 1. The molecule has 8 rings (SSSR count). The van der Waals surface area contributed by atoms with E-state index >= 15 is 0 Å². The molecule has 2 fully saturated rings. The van der Waals surface area contributed by atoms with Crippen LogP contribution in [0.25, 0.3) is 16.7 Å². The molecule has 2 aliphatic rings. The number of nitrogens with zero attached hydrogens (tertiary/aromatic N) is 13. The molecule has 0 bridgehead atoms. The van der Waals surface area contributed by atoms with E-state index in [-0.39, 0.29) is 11.3 Å². The fourth-order valence-electron chi connectivity index (χ4n) is 7.82. The van der Waals surface area contributed by atoms with Crippen molar-refractivity contribution in [2.75, 3.05) is 57.8 Å². The van der Waals surface area contributed by atoms with Gasteiger partial charge in [-0.15, -0.1) is 10.2 Å². The van der Waals surface area contributed by atoms with E-state index in [0.717, 1.165) is 81.3 Å². The quantitative estimate of drug-likeness (QED) is 0.196. The van der Waals surface area contributed by atoms with Crippen molar-refractivity contribution in [3.8, 4) is 11.4 Å². The molecule has 0 aliphatic carbocycles. The van der Waals surface area contributed by atoms with Crippen molar-refractivity contribution in [1.82, 2.24) is 59.8 Å². The van der Waals surface area contributed by atoms with Gasteiger partial charge in [-0.1, -0.05) is 42.5 Å². The van der Waals surface area contributed by atoms with E-state index in [2.05, 4.69) is 93.9 Å². The predicted octanol–water partition coefficient (Wildman–Crippen LogP) is 3.40. The second-order valence-electron chi connectivity index (χ2n) is 13.7. The van der Waals surface area contributed by atoms with Crippen LogP contribution in [-0.4, -0.2) is 119 Å². The number of fused-ring (bicyclic) bond motifs is 1. The maximum Gasteiger partial charge on any atom is 0.257 e. The summed E-state index contributed by atoms with van der Waals surface area (Å²) in [6.45, 7) is 9.33. The summed E-state index contributed by atoms with van der Waals surface area (Å²) < 4.78 is 11.3. The molecule has 268 valence electrons. The van der Waals surface area contributed by atoms with E-state index < -0.39 is 0 Å². The van der Waals surface area contributed by atoms with Crippen molar-refractivity contribution < 1.29 is 9.53 Å². The first-order chi connectivity index (χ1) is 25.5. The van der Waals surface area contributed by atoms with Crippen LogP contribution >= 0.6 is 0 Å². The molecule has 3 aromatic heterocycles. The molecular formula is C37H43N13O2. The van der Waals surface area contributed by atoms with E-state index in [0.29, 0.717) is 36.6 Å². The molecule has 0 radical (unpaired) electrons. The number of aromatic nitrogens is 10. The van der Waals surface area contributed by atoms with Crippen molar-refractivity contribution in [1.29, 1.82) is 0 Å². The van der Waals surface area contributed by atoms with Crippen molar-refractivity contribution in [3.05, 3.63) is 96.1 Å². The fraction of sp³-hybridized carbons (Fsp3) is 0.405. The monoisotopic (exact) mass is 701 g/mol. The van der Waals surface area contributed by atoms with Crippen LogP contribution in [0.15, 0.2) is 79.1 Å². The lowest BCUT2D eigenvalue weighted by atomic mass is 9.76. The normalized spacial score (nSPS) is 18.3. The average Bonchev–Trinajstić information content (AvgIpc) is 3.99. The van der Waals surface area contributed by atoms with Crippen LogP contribution in [0.2, 0.25) is 0 Å². The largest absolute Gasteiger partial charge is 0.496 e. The van der Waals surface area contributed by atoms with Crippen molar-refractivity contribution in [2.45, 2.75) is 44.7 Å². The number of amides is 1. The van der Waals surface area contributed by atoms with E-state index in [1.54, 1.807) is 17.9 Å². The number of rotatable bonds is 11. The Balaban J connectivity index is 0.976. The van der Waals surface area contributed by atoms with Crippen LogP contribution in [0.5, 0.6) is 5.75 Å². The number of tetrazole rings is 2. The molecule has 6 aromatic rings. The molecule has 0 unspecified atom stereocenters. The minimum absolute atomic E-state index is 0.0480. The number of anilines is 1. The Bertz CT molecular complexity index is 2130. The highest BCUT2D eigenvalue weighted by atomic mass is 16.5. The maximum atomic E-state index is 14.2. The Morgan fingerprint density at radius 2 is 1.75 bits per heavy atom. The van der Waals surface area contributed by atoms with Crippen molar-refractivity contribution >= 4 is 22.9 Å². The SMILES string of the molecule is COc1ccc(-n2cnnn2)cc1C(=O)N1CC[C@](CCN2CCCN(c3nc4ccccc4n3CCn3nnnc3C)CC2)(c2ccccc2)C1. The first-order valence-corrected chi connectivity index (χ1v) is 17.9. The molecular weight excluding hydrogens is 658 g/mol. The number of carbonyl (C=O) groups excluding carboxylic acids is 1. The van der Waals surface area contributed by atoms with Crippen LogP contribution in [-0.2, 0) is 18.5 Å². The summed E-state index contributed by atoms with van der Waals surface area (Å²) in [5.74, 6) is 2.29. The molecule has 1 amide bonds. The molecule has 5 heterocycles. The highest BCUT2D eigenvalue weighted by Crippen LogP contribution is 2.39. The third-order valence-corrected chi connectivity index (χ3v) is 10.7. The van der Waals surface area contributed by atoms with Crippen molar-refractivity contribution in [2.24, 2.45) is 0 Å². The number of benzene rings is 3. The zero-order chi connectivity index (χ0) is 35.5. The van der Waals surface area contributed by atoms with Gasteiger partial charge in [0.25, 0.3) is 5.91 Å². The van der Waals surface area contributed by atoms with Gasteiger partial charge in [0.05, 0.1) is 35.9 Å². The number of para-hydroxylation sites is 2. The summed E-state index contributed by atoms with van der Waals surface area (Å²) in [6, 6.07) is 24.5. The lowest BCUT2D eigenvalue weighted by molar-refractivity contribution is 0.0777. The van der Waals surface area contributed by atoms with Crippen molar-refractivity contribution in [3.63, 3.8) is 0 Å². The van der Waals surface area contributed by atoms with E-state index in [1.165, 1.54) is 11.9 Å². The Morgan fingerprint density at radius 3 is 2.56 bits per heavy atom. The Hall–Kier alpha value is -5.70. The van der Waals surface area contributed by atoms with Gasteiger partial charge in [-0.3, -0.25) is 4.79 Å². The van der Waals surface area contributed by atoms with E-state index in [1.807, 2.05) is 34.7 Å². The Kier molecular flexibility index (Phi) is 9.33. The molecule has 52 heavy (non-hydrogen) atoms. The number of hydrogen-bond donors (Lipinski definition) is 0. The van der Waals surface area contributed by atoms with Gasteiger partial charge in [-0.05, 0) is 96.0 Å². The van der Waals surface area contributed by atoms with Crippen LogP contribution in [0.3, 0.4) is 0 Å². The Labute approximate surface area is 301 Å². The lowest BCUT2D eigenvalue weighted by Gasteiger charge is -2.33. The number of methoxy groups -OCH3 is 1. The van der Waals surface area contributed by atoms with Gasteiger partial charge in [0.2, 0.25) is 5.95 Å². The molecule has 0 spiro atoms. The van der Waals surface area contributed by atoms with Gasteiger partial charge in [0.1, 0.15) is 17.9 Å². The number of ether oxygens (including phenoxy) is 1. The fourth-order valence-corrected chi connectivity index (χ4v) is 7.82. The van der Waals surface area contributed by atoms with Gasteiger partial charge in [-0.25, -0.2) is 14.3 Å². The molecule has 15 nitrogen and oxygen atoms in total. The van der Waals surface area contributed by atoms with Crippen LogP contribution in [0.1, 0.15) is 41.0 Å². The molecule has 3 aromatic carbocycles. The van der Waals surface area contributed by atoms with Gasteiger partial charge in [-0.2, -0.15) is 0 Å². The molecule has 2 aliphatic heterocycles. The summed E-state index contributed by atoms with van der Waals surface area (Å²) >= 11 is 0. The first kappa shape index (κ1) is 33.4. The van der Waals surface area contributed by atoms with Crippen LogP contribution < -0.4 is 9.64 Å². The zero-order valence-corrected chi connectivity index (χ0v) is 29.6.